The summed E-state index contributed by atoms with van der Waals surface area (Å²) in [4.78, 5) is 9.46. The number of hydrogen-bond acceptors (Lipinski definition) is 6. The molecule has 144 valence electrons. The summed E-state index contributed by atoms with van der Waals surface area (Å²) in [5, 5.41) is 14.3. The Balaban J connectivity index is 1.65. The monoisotopic (exact) mass is 384 g/mol. The molecule has 0 spiro atoms. The van der Waals surface area contributed by atoms with Gasteiger partial charge in [-0.1, -0.05) is 42.5 Å². The minimum absolute atomic E-state index is 0.116. The number of nitrogens with one attached hydrogen (secondary N) is 1. The Labute approximate surface area is 168 Å². The highest BCUT2D eigenvalue weighted by Crippen LogP contribution is 2.22. The molecule has 6 nitrogen and oxygen atoms in total. The van der Waals surface area contributed by atoms with Gasteiger partial charge in [-0.25, -0.2) is 9.97 Å². The van der Waals surface area contributed by atoms with Crippen LogP contribution in [-0.4, -0.2) is 28.4 Å². The number of fused-ring (bicyclic) bond motifs is 1. The largest absolute Gasteiger partial charge is 0.507 e. The number of aromatic nitrogens is 2. The molecule has 0 aliphatic heterocycles. The summed E-state index contributed by atoms with van der Waals surface area (Å²) < 4.78 is 5.19. The fraction of sp³-hybridized carbons (Fsp3) is 0.0870. The smallest absolute Gasteiger partial charge is 0.169 e. The molecule has 0 radical (unpaired) electrons. The predicted molar refractivity (Wildman–Crippen MR) is 115 cm³/mol. The van der Waals surface area contributed by atoms with Crippen LogP contribution in [0.1, 0.15) is 16.8 Å². The summed E-state index contributed by atoms with van der Waals surface area (Å²) in [5.74, 6) is 1.33. The highest BCUT2D eigenvalue weighted by Gasteiger charge is 2.09. The number of nitrogens with zero attached hydrogens (tertiary/aromatic N) is 3. The molecule has 4 rings (SSSR count). The molecule has 0 unspecified atom stereocenters. The van der Waals surface area contributed by atoms with E-state index in [1.54, 1.807) is 25.3 Å². The van der Waals surface area contributed by atoms with E-state index in [0.717, 1.165) is 22.3 Å². The van der Waals surface area contributed by atoms with Crippen LogP contribution in [0.15, 0.2) is 77.9 Å². The Hall–Kier alpha value is -3.93. The second-order valence-corrected chi connectivity index (χ2v) is 6.46. The predicted octanol–water partition coefficient (Wildman–Crippen LogP) is 4.38. The number of ether oxygens (including phenoxy) is 1. The minimum atomic E-state index is 0.116. The molecule has 0 saturated carbocycles. The summed E-state index contributed by atoms with van der Waals surface area (Å²) in [7, 11) is 1.58. The summed E-state index contributed by atoms with van der Waals surface area (Å²) in [6.07, 6.45) is 2.15. The van der Waals surface area contributed by atoms with E-state index in [-0.39, 0.29) is 5.75 Å². The molecule has 2 N–H and O–H groups in total. The van der Waals surface area contributed by atoms with Crippen molar-refractivity contribution in [2.75, 3.05) is 12.5 Å². The minimum Gasteiger partial charge on any atom is -0.507 e. The Morgan fingerprint density at radius 3 is 2.45 bits per heavy atom. The van der Waals surface area contributed by atoms with Crippen LogP contribution in [0.25, 0.3) is 11.0 Å². The molecule has 6 heteroatoms. The number of phenols is 1. The van der Waals surface area contributed by atoms with Crippen LogP contribution in [0.4, 0.5) is 5.82 Å². The fourth-order valence-electron chi connectivity index (χ4n) is 2.96. The van der Waals surface area contributed by atoms with Crippen LogP contribution in [0, 0.1) is 0 Å². The normalized spacial score (nSPS) is 11.1. The van der Waals surface area contributed by atoms with Gasteiger partial charge in [-0.3, -0.25) is 5.43 Å². The summed E-state index contributed by atoms with van der Waals surface area (Å²) in [6.45, 7) is 0. The molecule has 0 aliphatic rings. The third-order valence-corrected chi connectivity index (χ3v) is 4.47. The zero-order chi connectivity index (χ0) is 20.1. The van der Waals surface area contributed by atoms with Gasteiger partial charge < -0.3 is 9.84 Å². The van der Waals surface area contributed by atoms with Crippen molar-refractivity contribution in [1.29, 1.82) is 0 Å². The lowest BCUT2D eigenvalue weighted by Crippen LogP contribution is -2.04. The van der Waals surface area contributed by atoms with Gasteiger partial charge in [0, 0.05) is 12.0 Å². The van der Waals surface area contributed by atoms with Crippen molar-refractivity contribution < 1.29 is 9.84 Å². The van der Waals surface area contributed by atoms with Crippen molar-refractivity contribution >= 4 is 23.1 Å². The zero-order valence-electron chi connectivity index (χ0n) is 15.9. The van der Waals surface area contributed by atoms with Crippen molar-refractivity contribution in [1.82, 2.24) is 9.97 Å². The van der Waals surface area contributed by atoms with Crippen LogP contribution in [0.3, 0.4) is 0 Å². The number of hydrazone groups is 1. The zero-order valence-corrected chi connectivity index (χ0v) is 15.9. The van der Waals surface area contributed by atoms with E-state index < -0.39 is 0 Å². The molecule has 0 atom stereocenters. The third kappa shape index (κ3) is 4.32. The first-order valence-corrected chi connectivity index (χ1v) is 9.18. The quantitative estimate of drug-likeness (QED) is 0.381. The lowest BCUT2D eigenvalue weighted by molar-refractivity contribution is 0.412. The molecule has 29 heavy (non-hydrogen) atoms. The van der Waals surface area contributed by atoms with E-state index >= 15 is 0 Å². The highest BCUT2D eigenvalue weighted by atomic mass is 16.5. The summed E-state index contributed by atoms with van der Waals surface area (Å²) in [6, 6.07) is 22.8. The molecule has 1 aromatic heterocycles. The van der Waals surface area contributed by atoms with Gasteiger partial charge in [0.05, 0.1) is 30.1 Å². The van der Waals surface area contributed by atoms with Crippen molar-refractivity contribution in [3.63, 3.8) is 0 Å². The molecule has 4 aromatic rings. The summed E-state index contributed by atoms with van der Waals surface area (Å²) in [5.41, 5.74) is 7.06. The molecule has 0 saturated heterocycles. The number of rotatable bonds is 6. The molecule has 0 fully saturated rings. The standard InChI is InChI=1S/C23H20N4O2/c1-29-18-11-12-22(28)17(14-18)15-24-27-23-21(13-16-7-3-2-4-8-16)25-19-9-5-6-10-20(19)26-23/h2-12,14-15,28H,13H2,1H3,(H,26,27)/b24-15+. The number of benzene rings is 3. The van der Waals surface area contributed by atoms with E-state index in [9.17, 15) is 5.11 Å². The van der Waals surface area contributed by atoms with E-state index in [0.29, 0.717) is 23.6 Å². The number of anilines is 1. The lowest BCUT2D eigenvalue weighted by atomic mass is 10.1. The van der Waals surface area contributed by atoms with Crippen LogP contribution in [0.5, 0.6) is 11.5 Å². The molecule has 0 aliphatic carbocycles. The van der Waals surface area contributed by atoms with Crippen molar-refractivity contribution in [2.24, 2.45) is 5.10 Å². The topological polar surface area (TPSA) is 79.6 Å². The van der Waals surface area contributed by atoms with Gasteiger partial charge in [0.1, 0.15) is 11.5 Å². The van der Waals surface area contributed by atoms with E-state index in [2.05, 4.69) is 27.6 Å². The first-order valence-electron chi connectivity index (χ1n) is 9.18. The third-order valence-electron chi connectivity index (χ3n) is 4.47. The number of phenolic OH excluding ortho intramolecular Hbond substituents is 1. The first kappa shape index (κ1) is 18.4. The highest BCUT2D eigenvalue weighted by molar-refractivity contribution is 5.84. The lowest BCUT2D eigenvalue weighted by Gasteiger charge is -2.09. The fourth-order valence-corrected chi connectivity index (χ4v) is 2.96. The average Bonchev–Trinajstić information content (AvgIpc) is 2.76. The second kappa shape index (κ2) is 8.39. The van der Waals surface area contributed by atoms with Crippen LogP contribution in [0.2, 0.25) is 0 Å². The van der Waals surface area contributed by atoms with Gasteiger partial charge in [0.25, 0.3) is 0 Å². The Kier molecular flexibility index (Phi) is 5.33. The van der Waals surface area contributed by atoms with Crippen LogP contribution >= 0.6 is 0 Å². The summed E-state index contributed by atoms with van der Waals surface area (Å²) >= 11 is 0. The number of hydrogen-bond donors (Lipinski definition) is 2. The maximum atomic E-state index is 10.0. The van der Waals surface area contributed by atoms with Gasteiger partial charge in [0.2, 0.25) is 0 Å². The second-order valence-electron chi connectivity index (χ2n) is 6.46. The molecule has 1 heterocycles. The first-order chi connectivity index (χ1) is 14.2. The Morgan fingerprint density at radius 2 is 1.69 bits per heavy atom. The van der Waals surface area contributed by atoms with Crippen molar-refractivity contribution in [3.8, 4) is 11.5 Å². The molecular weight excluding hydrogens is 364 g/mol. The number of para-hydroxylation sites is 2. The average molecular weight is 384 g/mol. The van der Waals surface area contributed by atoms with Crippen molar-refractivity contribution in [3.05, 3.63) is 89.6 Å². The maximum Gasteiger partial charge on any atom is 0.169 e. The SMILES string of the molecule is COc1ccc(O)c(/C=N/Nc2nc3ccccc3nc2Cc2ccccc2)c1. The molecule has 0 amide bonds. The van der Waals surface area contributed by atoms with Gasteiger partial charge in [-0.15, -0.1) is 0 Å². The van der Waals surface area contributed by atoms with Gasteiger partial charge >= 0.3 is 0 Å². The van der Waals surface area contributed by atoms with Gasteiger partial charge in [-0.2, -0.15) is 5.10 Å². The Bertz CT molecular complexity index is 1160. The van der Waals surface area contributed by atoms with E-state index in [4.69, 9.17) is 9.72 Å². The van der Waals surface area contributed by atoms with Crippen LogP contribution in [-0.2, 0) is 6.42 Å². The van der Waals surface area contributed by atoms with Gasteiger partial charge in [-0.05, 0) is 35.9 Å². The molecule has 3 aromatic carbocycles. The Morgan fingerprint density at radius 1 is 0.966 bits per heavy atom. The number of methoxy groups -OCH3 is 1. The van der Waals surface area contributed by atoms with Crippen LogP contribution < -0.4 is 10.2 Å². The van der Waals surface area contributed by atoms with E-state index in [1.807, 2.05) is 42.5 Å². The molecular formula is C23H20N4O2. The molecule has 0 bridgehead atoms. The van der Waals surface area contributed by atoms with E-state index in [1.165, 1.54) is 6.21 Å². The number of aromatic hydroxyl groups is 1. The van der Waals surface area contributed by atoms with Crippen molar-refractivity contribution in [2.45, 2.75) is 6.42 Å². The van der Waals surface area contributed by atoms with Gasteiger partial charge in [0.15, 0.2) is 5.82 Å². The maximum absolute atomic E-state index is 10.0.